The molecule has 0 atom stereocenters. The first-order valence-electron chi connectivity index (χ1n) is 7.17. The zero-order valence-corrected chi connectivity index (χ0v) is 16.1. The summed E-state index contributed by atoms with van der Waals surface area (Å²) in [5.74, 6) is 0. The van der Waals surface area contributed by atoms with Gasteiger partial charge in [0.15, 0.2) is 0 Å². The highest BCUT2D eigenvalue weighted by Crippen LogP contribution is 2.11. The van der Waals surface area contributed by atoms with Crippen molar-refractivity contribution in [3.8, 4) is 0 Å². The molecule has 108 valence electrons. The second-order valence-corrected chi connectivity index (χ2v) is 17.5. The van der Waals surface area contributed by atoms with Crippen LogP contribution in [0.15, 0.2) is 4.79 Å². The van der Waals surface area contributed by atoms with Crippen LogP contribution in [-0.4, -0.2) is 20.7 Å². The predicted molar refractivity (Wildman–Crippen MR) is 91.8 cm³/mol. The van der Waals surface area contributed by atoms with Crippen LogP contribution in [0.5, 0.6) is 0 Å². The second-order valence-electron chi connectivity index (χ2n) is 7.52. The molecule has 0 spiro atoms. The molecular weight excluding hydrogens is 266 g/mol. The molecule has 0 saturated carbocycles. The SMILES string of the molecule is CCn1c([Si](C)(C)C)c(C)c(C)c([Si](C)(C)C)c1=O. The summed E-state index contributed by atoms with van der Waals surface area (Å²) in [6.07, 6.45) is 0. The molecule has 0 unspecified atom stereocenters. The van der Waals surface area contributed by atoms with Crippen LogP contribution in [0, 0.1) is 13.8 Å². The van der Waals surface area contributed by atoms with Crippen molar-refractivity contribution in [1.82, 2.24) is 4.57 Å². The van der Waals surface area contributed by atoms with Gasteiger partial charge >= 0.3 is 0 Å². The second kappa shape index (κ2) is 5.05. The highest BCUT2D eigenvalue weighted by atomic mass is 28.3. The summed E-state index contributed by atoms with van der Waals surface area (Å²) in [7, 11) is -3.11. The van der Waals surface area contributed by atoms with Crippen LogP contribution in [0.4, 0.5) is 0 Å². The van der Waals surface area contributed by atoms with Crippen molar-refractivity contribution in [1.29, 1.82) is 0 Å². The minimum Gasteiger partial charge on any atom is -0.317 e. The number of hydrogen-bond acceptors (Lipinski definition) is 1. The highest BCUT2D eigenvalue weighted by molar-refractivity contribution is 6.90. The first kappa shape index (κ1) is 16.4. The van der Waals surface area contributed by atoms with Crippen LogP contribution in [0.2, 0.25) is 39.3 Å². The van der Waals surface area contributed by atoms with Crippen molar-refractivity contribution in [2.75, 3.05) is 0 Å². The lowest BCUT2D eigenvalue weighted by Crippen LogP contribution is -2.60. The molecule has 1 rings (SSSR count). The Labute approximate surface area is 119 Å². The van der Waals surface area contributed by atoms with E-state index >= 15 is 0 Å². The number of hydrogen-bond donors (Lipinski definition) is 0. The van der Waals surface area contributed by atoms with Gasteiger partial charge in [-0.2, -0.15) is 0 Å². The number of pyridine rings is 1. The number of rotatable bonds is 3. The van der Waals surface area contributed by atoms with E-state index in [-0.39, 0.29) is 5.56 Å². The summed E-state index contributed by atoms with van der Waals surface area (Å²) in [6.45, 7) is 21.0. The lowest BCUT2D eigenvalue weighted by atomic mass is 10.2. The molecule has 0 saturated heterocycles. The van der Waals surface area contributed by atoms with Gasteiger partial charge in [0, 0.05) is 17.0 Å². The lowest BCUT2D eigenvalue weighted by molar-refractivity contribution is 0.745. The van der Waals surface area contributed by atoms with Crippen LogP contribution in [0.3, 0.4) is 0 Å². The average molecular weight is 296 g/mol. The van der Waals surface area contributed by atoms with Gasteiger partial charge in [0.1, 0.15) is 0 Å². The largest absolute Gasteiger partial charge is 0.317 e. The Kier molecular flexibility index (Phi) is 4.37. The molecule has 0 aliphatic carbocycles. The Hall–Kier alpha value is -0.616. The topological polar surface area (TPSA) is 22.0 Å². The standard InChI is InChI=1S/C15H29NOSi2/c1-10-16-14(17)13(18(4,5)6)11(2)12(3)15(16)19(7,8)9/h10H2,1-9H3. The molecule has 0 radical (unpaired) electrons. The normalized spacial score (nSPS) is 12.9. The molecule has 2 nitrogen and oxygen atoms in total. The summed E-state index contributed by atoms with van der Waals surface area (Å²) < 4.78 is 2.06. The molecule has 0 amide bonds. The summed E-state index contributed by atoms with van der Waals surface area (Å²) in [4.78, 5) is 12.9. The molecule has 1 heterocycles. The minimum absolute atomic E-state index is 0.280. The third-order valence-electron chi connectivity index (χ3n) is 3.80. The third-order valence-corrected chi connectivity index (χ3v) is 7.95. The monoisotopic (exact) mass is 295 g/mol. The molecule has 19 heavy (non-hydrogen) atoms. The van der Waals surface area contributed by atoms with E-state index in [4.69, 9.17) is 0 Å². The number of aromatic nitrogens is 1. The molecule has 0 aliphatic rings. The van der Waals surface area contributed by atoms with Gasteiger partial charge in [0.25, 0.3) is 0 Å². The van der Waals surface area contributed by atoms with Gasteiger partial charge in [0.2, 0.25) is 5.56 Å². The zero-order valence-electron chi connectivity index (χ0n) is 14.1. The van der Waals surface area contributed by atoms with Gasteiger partial charge in [-0.05, 0) is 31.9 Å². The van der Waals surface area contributed by atoms with E-state index in [1.807, 2.05) is 0 Å². The first-order chi connectivity index (χ1) is 8.42. The van der Waals surface area contributed by atoms with Crippen molar-refractivity contribution >= 4 is 26.7 Å². The van der Waals surface area contributed by atoms with Crippen molar-refractivity contribution in [3.05, 3.63) is 21.5 Å². The van der Waals surface area contributed by atoms with Crippen LogP contribution < -0.4 is 16.1 Å². The maximum Gasteiger partial charge on any atom is 0.249 e. The van der Waals surface area contributed by atoms with Gasteiger partial charge in [-0.1, -0.05) is 39.3 Å². The van der Waals surface area contributed by atoms with Gasteiger partial charge in [-0.25, -0.2) is 0 Å². The summed E-state index contributed by atoms with van der Waals surface area (Å²) in [5.41, 5.74) is 2.89. The van der Waals surface area contributed by atoms with E-state index < -0.39 is 16.1 Å². The molecule has 0 aliphatic heterocycles. The Bertz CT molecular complexity index is 545. The zero-order chi connectivity index (χ0) is 15.2. The first-order valence-corrected chi connectivity index (χ1v) is 14.2. The highest BCUT2D eigenvalue weighted by Gasteiger charge is 2.30. The molecule has 4 heteroatoms. The molecular formula is C15H29NOSi2. The summed E-state index contributed by atoms with van der Waals surface area (Å²) in [6, 6.07) is 0. The van der Waals surface area contributed by atoms with Crippen molar-refractivity contribution in [2.24, 2.45) is 0 Å². The third kappa shape index (κ3) is 2.94. The molecule has 0 N–H and O–H groups in total. The van der Waals surface area contributed by atoms with Crippen LogP contribution in [0.1, 0.15) is 18.1 Å². The molecule has 1 aromatic rings. The molecule has 0 aromatic carbocycles. The Morgan fingerprint density at radius 2 is 1.37 bits per heavy atom. The van der Waals surface area contributed by atoms with Gasteiger partial charge in [0.05, 0.1) is 16.1 Å². The van der Waals surface area contributed by atoms with Gasteiger partial charge in [-0.3, -0.25) is 4.79 Å². The van der Waals surface area contributed by atoms with Crippen LogP contribution in [0.25, 0.3) is 0 Å². The molecule has 1 aromatic heterocycles. The van der Waals surface area contributed by atoms with E-state index in [0.29, 0.717) is 0 Å². The van der Waals surface area contributed by atoms with Crippen molar-refractivity contribution in [2.45, 2.75) is 66.6 Å². The van der Waals surface area contributed by atoms with Crippen molar-refractivity contribution in [3.63, 3.8) is 0 Å². The van der Waals surface area contributed by atoms with E-state index in [1.54, 1.807) is 0 Å². The van der Waals surface area contributed by atoms with Crippen LogP contribution in [-0.2, 0) is 6.54 Å². The summed E-state index contributed by atoms with van der Waals surface area (Å²) >= 11 is 0. The average Bonchev–Trinajstić information content (AvgIpc) is 2.19. The quantitative estimate of drug-likeness (QED) is 0.786. The molecule has 0 bridgehead atoms. The Morgan fingerprint density at radius 3 is 1.68 bits per heavy atom. The Balaban J connectivity index is 3.91. The van der Waals surface area contributed by atoms with Crippen LogP contribution >= 0.6 is 0 Å². The van der Waals surface area contributed by atoms with E-state index in [0.717, 1.165) is 11.7 Å². The fourth-order valence-corrected chi connectivity index (χ4v) is 7.59. The Morgan fingerprint density at radius 1 is 0.895 bits per heavy atom. The maximum atomic E-state index is 12.9. The smallest absolute Gasteiger partial charge is 0.249 e. The van der Waals surface area contributed by atoms with Crippen molar-refractivity contribution < 1.29 is 0 Å². The predicted octanol–water partition coefficient (Wildman–Crippen LogP) is 2.58. The lowest BCUT2D eigenvalue weighted by Gasteiger charge is -2.30. The van der Waals surface area contributed by atoms with E-state index in [1.165, 1.54) is 16.4 Å². The van der Waals surface area contributed by atoms with Gasteiger partial charge in [-0.15, -0.1) is 0 Å². The molecule has 0 fully saturated rings. The van der Waals surface area contributed by atoms with Gasteiger partial charge < -0.3 is 4.57 Å². The number of nitrogens with zero attached hydrogens (tertiary/aromatic N) is 1. The maximum absolute atomic E-state index is 12.9. The van der Waals surface area contributed by atoms with E-state index in [9.17, 15) is 4.79 Å². The fourth-order valence-electron chi connectivity index (χ4n) is 3.12. The summed E-state index contributed by atoms with van der Waals surface area (Å²) in [5, 5.41) is 2.45. The fraction of sp³-hybridized carbons (Fsp3) is 0.667. The minimum atomic E-state index is -1.60. The van der Waals surface area contributed by atoms with E-state index in [2.05, 4.69) is 64.6 Å².